The van der Waals surface area contributed by atoms with Gasteiger partial charge in [-0.1, -0.05) is 12.1 Å². The van der Waals surface area contributed by atoms with Gasteiger partial charge < -0.3 is 31.9 Å². The molecule has 1 aliphatic heterocycles. The Hall–Kier alpha value is -2.95. The zero-order valence-electron chi connectivity index (χ0n) is 18.4. The van der Waals surface area contributed by atoms with Gasteiger partial charge in [0.05, 0.1) is 5.69 Å². The molecule has 32 heavy (non-hydrogen) atoms. The molecule has 6 N–H and O–H groups in total. The number of thiophene rings is 1. The lowest BCUT2D eigenvalue weighted by atomic mass is 10.1. The number of urea groups is 1. The van der Waals surface area contributed by atoms with Crippen LogP contribution in [0.15, 0.2) is 30.3 Å². The first-order valence-electron chi connectivity index (χ1n) is 10.6. The van der Waals surface area contributed by atoms with E-state index < -0.39 is 6.03 Å². The first-order valence-corrected chi connectivity index (χ1v) is 11.4. The summed E-state index contributed by atoms with van der Waals surface area (Å²) < 4.78 is 0. The maximum atomic E-state index is 12.9. The highest BCUT2D eigenvalue weighted by atomic mass is 32.1. The Balaban J connectivity index is 1.74. The van der Waals surface area contributed by atoms with E-state index in [0.717, 1.165) is 42.9 Å². The number of nitrogens with two attached hydrogens (primary N) is 1. The van der Waals surface area contributed by atoms with Crippen molar-refractivity contribution in [3.05, 3.63) is 40.8 Å². The Kier molecular flexibility index (Phi) is 8.20. The van der Waals surface area contributed by atoms with Gasteiger partial charge in [-0.25, -0.2) is 4.79 Å². The molecule has 1 aromatic carbocycles. The number of benzene rings is 1. The lowest BCUT2D eigenvalue weighted by molar-refractivity contribution is 0.0932. The first kappa shape index (κ1) is 23.7. The van der Waals surface area contributed by atoms with Crippen molar-refractivity contribution in [1.82, 2.24) is 20.9 Å². The van der Waals surface area contributed by atoms with Crippen LogP contribution in [0.3, 0.4) is 0 Å². The Morgan fingerprint density at radius 3 is 2.56 bits per heavy atom. The number of primary amides is 1. The van der Waals surface area contributed by atoms with Crippen LogP contribution in [0, 0.1) is 0 Å². The van der Waals surface area contributed by atoms with Crippen LogP contribution in [0.1, 0.15) is 32.9 Å². The van der Waals surface area contributed by atoms with Crippen molar-refractivity contribution in [2.24, 2.45) is 5.73 Å². The van der Waals surface area contributed by atoms with Crippen LogP contribution in [0.25, 0.3) is 10.4 Å². The van der Waals surface area contributed by atoms with Gasteiger partial charge in [0.15, 0.2) is 0 Å². The summed E-state index contributed by atoms with van der Waals surface area (Å²) in [6.45, 7) is 3.00. The third kappa shape index (κ3) is 6.52. The van der Waals surface area contributed by atoms with Crippen molar-refractivity contribution in [2.75, 3.05) is 45.6 Å². The average Bonchev–Trinajstić information content (AvgIpc) is 3.17. The van der Waals surface area contributed by atoms with Crippen LogP contribution in [-0.2, 0) is 0 Å². The lowest BCUT2D eigenvalue weighted by Crippen LogP contribution is -2.45. The zero-order valence-corrected chi connectivity index (χ0v) is 19.2. The molecular formula is C22H30N6O3S. The molecule has 0 spiro atoms. The number of anilines is 1. The molecule has 4 amide bonds. The van der Waals surface area contributed by atoms with Gasteiger partial charge in [0.1, 0.15) is 4.88 Å². The van der Waals surface area contributed by atoms with Gasteiger partial charge >= 0.3 is 6.03 Å². The van der Waals surface area contributed by atoms with Crippen molar-refractivity contribution in [3.63, 3.8) is 0 Å². The molecule has 172 valence electrons. The number of hydrogen-bond acceptors (Lipinski definition) is 6. The van der Waals surface area contributed by atoms with Crippen molar-refractivity contribution >= 4 is 34.9 Å². The summed E-state index contributed by atoms with van der Waals surface area (Å²) >= 11 is 1.27. The largest absolute Gasteiger partial charge is 0.351 e. The average molecular weight is 459 g/mol. The summed E-state index contributed by atoms with van der Waals surface area (Å²) in [4.78, 5) is 39.8. The quantitative estimate of drug-likeness (QED) is 0.411. The SMILES string of the molecule is CN(C)CCNC(=O)c1ccc(-c2cc(NC(N)=O)c(C(=O)N[C@H]3CCCNC3)s2)cc1. The number of piperidine rings is 1. The normalized spacial score (nSPS) is 15.9. The molecule has 0 unspecified atom stereocenters. The van der Waals surface area contributed by atoms with Crippen molar-refractivity contribution in [2.45, 2.75) is 18.9 Å². The third-order valence-electron chi connectivity index (χ3n) is 5.10. The fourth-order valence-corrected chi connectivity index (χ4v) is 4.46. The molecule has 0 bridgehead atoms. The highest BCUT2D eigenvalue weighted by Crippen LogP contribution is 2.35. The summed E-state index contributed by atoms with van der Waals surface area (Å²) in [5, 5.41) is 11.7. The molecule has 1 aliphatic rings. The van der Waals surface area contributed by atoms with E-state index in [0.29, 0.717) is 22.7 Å². The van der Waals surface area contributed by atoms with Gasteiger partial charge in [-0.15, -0.1) is 11.3 Å². The number of hydrogen-bond donors (Lipinski definition) is 5. The molecule has 1 fully saturated rings. The van der Waals surface area contributed by atoms with Gasteiger partial charge in [-0.2, -0.15) is 0 Å². The van der Waals surface area contributed by atoms with E-state index in [1.807, 2.05) is 31.1 Å². The minimum atomic E-state index is -0.729. The van der Waals surface area contributed by atoms with E-state index in [1.54, 1.807) is 18.2 Å². The predicted molar refractivity (Wildman–Crippen MR) is 127 cm³/mol. The molecule has 0 saturated carbocycles. The van der Waals surface area contributed by atoms with Crippen LogP contribution in [0.5, 0.6) is 0 Å². The molecule has 1 atom stereocenters. The summed E-state index contributed by atoms with van der Waals surface area (Å²) in [6, 6.07) is 8.20. The van der Waals surface area contributed by atoms with Crippen LogP contribution >= 0.6 is 11.3 Å². The number of amides is 4. The molecule has 10 heteroatoms. The first-order chi connectivity index (χ1) is 15.3. The van der Waals surface area contributed by atoms with Crippen LogP contribution < -0.4 is 27.0 Å². The Labute approximate surface area is 191 Å². The maximum Gasteiger partial charge on any atom is 0.316 e. The molecule has 2 heterocycles. The van der Waals surface area contributed by atoms with Crippen molar-refractivity contribution in [3.8, 4) is 10.4 Å². The smallest absolute Gasteiger partial charge is 0.316 e. The fraction of sp³-hybridized carbons (Fsp3) is 0.409. The van der Waals surface area contributed by atoms with Crippen LogP contribution in [-0.4, -0.2) is 69.1 Å². The summed E-state index contributed by atoms with van der Waals surface area (Å²) in [7, 11) is 3.90. The number of carbonyl (C=O) groups excluding carboxylic acids is 3. The predicted octanol–water partition coefficient (Wildman–Crippen LogP) is 1.68. The van der Waals surface area contributed by atoms with Gasteiger partial charge in [-0.05, 0) is 57.2 Å². The van der Waals surface area contributed by atoms with Gasteiger partial charge in [0.2, 0.25) is 0 Å². The number of likely N-dealkylation sites (N-methyl/N-ethyl adjacent to an activating group) is 1. The molecule has 2 aromatic rings. The minimum Gasteiger partial charge on any atom is -0.351 e. The minimum absolute atomic E-state index is 0.0496. The second-order valence-corrected chi connectivity index (χ2v) is 9.05. The summed E-state index contributed by atoms with van der Waals surface area (Å²) in [6.07, 6.45) is 1.91. The van der Waals surface area contributed by atoms with Crippen molar-refractivity contribution < 1.29 is 14.4 Å². The third-order valence-corrected chi connectivity index (χ3v) is 6.29. The molecule has 1 saturated heterocycles. The molecule has 3 rings (SSSR count). The van der Waals surface area contributed by atoms with Crippen molar-refractivity contribution in [1.29, 1.82) is 0 Å². The van der Waals surface area contributed by atoms with E-state index in [-0.39, 0.29) is 17.9 Å². The van der Waals surface area contributed by atoms with E-state index in [2.05, 4.69) is 21.3 Å². The highest BCUT2D eigenvalue weighted by molar-refractivity contribution is 7.18. The van der Waals surface area contributed by atoms with Gasteiger partial charge in [-0.3, -0.25) is 9.59 Å². The molecule has 0 aliphatic carbocycles. The van der Waals surface area contributed by atoms with E-state index in [1.165, 1.54) is 11.3 Å². The fourth-order valence-electron chi connectivity index (χ4n) is 3.43. The van der Waals surface area contributed by atoms with E-state index in [9.17, 15) is 14.4 Å². The number of rotatable bonds is 8. The second kappa shape index (κ2) is 11.1. The number of nitrogens with zero attached hydrogens (tertiary/aromatic N) is 1. The standard InChI is InChI=1S/C22H30N6O3S/c1-28(2)11-10-25-20(29)15-7-5-14(6-8-15)18-12-17(27-22(23)31)19(32-18)21(30)26-16-4-3-9-24-13-16/h5-8,12,16,24H,3-4,9-11,13H2,1-2H3,(H,25,29)(H,26,30)(H3,23,27,31)/t16-/m0/s1. The van der Waals surface area contributed by atoms with Crippen LogP contribution in [0.4, 0.5) is 10.5 Å². The van der Waals surface area contributed by atoms with Gasteiger partial charge in [0.25, 0.3) is 11.8 Å². The lowest BCUT2D eigenvalue weighted by Gasteiger charge is -2.23. The topological polar surface area (TPSA) is 129 Å². The Bertz CT molecular complexity index is 951. The van der Waals surface area contributed by atoms with E-state index in [4.69, 9.17) is 5.73 Å². The summed E-state index contributed by atoms with van der Waals surface area (Å²) in [5.41, 5.74) is 7.08. The molecule has 9 nitrogen and oxygen atoms in total. The van der Waals surface area contributed by atoms with Gasteiger partial charge in [0, 0.05) is 36.1 Å². The summed E-state index contributed by atoms with van der Waals surface area (Å²) in [5.74, 6) is -0.377. The zero-order chi connectivity index (χ0) is 23.1. The monoisotopic (exact) mass is 458 g/mol. The molecular weight excluding hydrogens is 428 g/mol. The molecule has 1 aromatic heterocycles. The maximum absolute atomic E-state index is 12.9. The number of carbonyl (C=O) groups is 3. The Morgan fingerprint density at radius 1 is 1.19 bits per heavy atom. The number of nitrogens with one attached hydrogen (secondary N) is 4. The molecule has 0 radical (unpaired) electrons. The van der Waals surface area contributed by atoms with Crippen LogP contribution in [0.2, 0.25) is 0 Å². The highest BCUT2D eigenvalue weighted by Gasteiger charge is 2.22. The second-order valence-electron chi connectivity index (χ2n) is 8.00. The van der Waals surface area contributed by atoms with E-state index >= 15 is 0 Å². The Morgan fingerprint density at radius 2 is 1.94 bits per heavy atom.